The fourth-order valence-corrected chi connectivity index (χ4v) is 2.33. The van der Waals surface area contributed by atoms with E-state index in [9.17, 15) is 14.4 Å². The number of amides is 2. The number of nitrogens with two attached hydrogens (primary N) is 1. The zero-order valence-corrected chi connectivity index (χ0v) is 14.1. The molecule has 0 aliphatic heterocycles. The van der Waals surface area contributed by atoms with Crippen molar-refractivity contribution in [3.05, 3.63) is 33.8 Å². The number of ether oxygens (including phenoxy) is 1. The van der Waals surface area contributed by atoms with Gasteiger partial charge in [-0.3, -0.25) is 14.4 Å². The SMILES string of the molecule is CCOC(=O)CCC(=O)N[C@@H](Cc1ccc(Cl)cc1Cl)C(N)=O. The van der Waals surface area contributed by atoms with Crippen LogP contribution >= 0.6 is 23.2 Å². The largest absolute Gasteiger partial charge is 0.466 e. The molecule has 3 N–H and O–H groups in total. The molecule has 6 nitrogen and oxygen atoms in total. The zero-order valence-electron chi connectivity index (χ0n) is 12.6. The summed E-state index contributed by atoms with van der Waals surface area (Å²) in [4.78, 5) is 34.5. The average Bonchev–Trinajstić information content (AvgIpc) is 2.47. The van der Waals surface area contributed by atoms with E-state index in [0.717, 1.165) is 0 Å². The summed E-state index contributed by atoms with van der Waals surface area (Å²) in [5.74, 6) is -1.63. The van der Waals surface area contributed by atoms with Gasteiger partial charge < -0.3 is 15.8 Å². The summed E-state index contributed by atoms with van der Waals surface area (Å²) in [6.45, 7) is 1.93. The summed E-state index contributed by atoms with van der Waals surface area (Å²) in [7, 11) is 0. The summed E-state index contributed by atoms with van der Waals surface area (Å²) in [5.41, 5.74) is 5.93. The zero-order chi connectivity index (χ0) is 17.4. The molecule has 2 amide bonds. The second-order valence-electron chi connectivity index (χ2n) is 4.77. The Kier molecular flexibility index (Phi) is 7.85. The van der Waals surface area contributed by atoms with Crippen LogP contribution in [0.5, 0.6) is 0 Å². The van der Waals surface area contributed by atoms with E-state index in [4.69, 9.17) is 33.7 Å². The number of hydrogen-bond donors (Lipinski definition) is 2. The maximum atomic E-state index is 11.8. The van der Waals surface area contributed by atoms with Crippen LogP contribution in [0, 0.1) is 0 Å². The van der Waals surface area contributed by atoms with E-state index in [1.54, 1.807) is 25.1 Å². The van der Waals surface area contributed by atoms with Gasteiger partial charge in [0.2, 0.25) is 11.8 Å². The monoisotopic (exact) mass is 360 g/mol. The lowest BCUT2D eigenvalue weighted by Gasteiger charge is -2.16. The quantitative estimate of drug-likeness (QED) is 0.691. The van der Waals surface area contributed by atoms with Crippen molar-refractivity contribution in [3.8, 4) is 0 Å². The molecular weight excluding hydrogens is 343 g/mol. The van der Waals surface area contributed by atoms with Gasteiger partial charge in [0.15, 0.2) is 0 Å². The molecule has 1 aromatic carbocycles. The lowest BCUT2D eigenvalue weighted by atomic mass is 10.0. The molecular formula is C15H18Cl2N2O4. The molecule has 0 saturated heterocycles. The van der Waals surface area contributed by atoms with Crippen LogP contribution in [0.2, 0.25) is 10.0 Å². The van der Waals surface area contributed by atoms with Gasteiger partial charge in [0.1, 0.15) is 6.04 Å². The van der Waals surface area contributed by atoms with E-state index in [-0.39, 0.29) is 25.9 Å². The van der Waals surface area contributed by atoms with Crippen molar-refractivity contribution in [1.29, 1.82) is 0 Å². The first-order valence-corrected chi connectivity index (χ1v) is 7.77. The van der Waals surface area contributed by atoms with Gasteiger partial charge in [-0.1, -0.05) is 29.3 Å². The Bertz CT molecular complexity index is 593. The molecule has 1 atom stereocenters. The summed E-state index contributed by atoms with van der Waals surface area (Å²) in [6, 6.07) is 3.90. The minimum Gasteiger partial charge on any atom is -0.466 e. The van der Waals surface area contributed by atoms with E-state index in [2.05, 4.69) is 5.32 Å². The highest BCUT2D eigenvalue weighted by Gasteiger charge is 2.20. The van der Waals surface area contributed by atoms with E-state index in [1.807, 2.05) is 0 Å². The third kappa shape index (κ3) is 6.88. The van der Waals surface area contributed by atoms with Crippen molar-refractivity contribution >= 4 is 41.0 Å². The highest BCUT2D eigenvalue weighted by molar-refractivity contribution is 6.35. The highest BCUT2D eigenvalue weighted by atomic mass is 35.5. The van der Waals surface area contributed by atoms with Gasteiger partial charge in [-0.25, -0.2) is 0 Å². The summed E-state index contributed by atoms with van der Waals surface area (Å²) in [6.07, 6.45) is -0.0136. The second kappa shape index (κ2) is 9.37. The molecule has 0 spiro atoms. The summed E-state index contributed by atoms with van der Waals surface area (Å²) in [5, 5.41) is 3.34. The number of primary amides is 1. The molecule has 0 fully saturated rings. The van der Waals surface area contributed by atoms with Gasteiger partial charge >= 0.3 is 5.97 Å². The van der Waals surface area contributed by atoms with Gasteiger partial charge in [-0.05, 0) is 24.6 Å². The van der Waals surface area contributed by atoms with Crippen molar-refractivity contribution in [2.45, 2.75) is 32.2 Å². The number of carbonyl (C=O) groups excluding carboxylic acids is 3. The number of carbonyl (C=O) groups is 3. The molecule has 0 unspecified atom stereocenters. The molecule has 126 valence electrons. The van der Waals surface area contributed by atoms with Gasteiger partial charge in [0, 0.05) is 22.9 Å². The molecule has 0 saturated carbocycles. The Morgan fingerprint density at radius 1 is 1.26 bits per heavy atom. The third-order valence-corrected chi connectivity index (χ3v) is 3.57. The summed E-state index contributed by atoms with van der Waals surface area (Å²) >= 11 is 11.8. The van der Waals surface area contributed by atoms with Crippen LogP contribution in [0.25, 0.3) is 0 Å². The Morgan fingerprint density at radius 3 is 2.52 bits per heavy atom. The van der Waals surface area contributed by atoms with Crippen molar-refractivity contribution in [2.75, 3.05) is 6.61 Å². The van der Waals surface area contributed by atoms with Crippen LogP contribution in [0.4, 0.5) is 0 Å². The van der Waals surface area contributed by atoms with E-state index >= 15 is 0 Å². The second-order valence-corrected chi connectivity index (χ2v) is 5.61. The number of halogens is 2. The molecule has 0 heterocycles. The van der Waals surface area contributed by atoms with E-state index in [1.165, 1.54) is 0 Å². The van der Waals surface area contributed by atoms with Crippen LogP contribution in [0.1, 0.15) is 25.3 Å². The first kappa shape index (κ1) is 19.3. The van der Waals surface area contributed by atoms with Gasteiger partial charge in [-0.15, -0.1) is 0 Å². The third-order valence-electron chi connectivity index (χ3n) is 2.98. The fraction of sp³-hybridized carbons (Fsp3) is 0.400. The van der Waals surface area contributed by atoms with Gasteiger partial charge in [0.05, 0.1) is 13.0 Å². The van der Waals surface area contributed by atoms with E-state index < -0.39 is 23.8 Å². The molecule has 1 aromatic rings. The Hall–Kier alpha value is -1.79. The predicted molar refractivity (Wildman–Crippen MR) is 87.2 cm³/mol. The number of rotatable bonds is 8. The van der Waals surface area contributed by atoms with Crippen LogP contribution in [-0.4, -0.2) is 30.4 Å². The van der Waals surface area contributed by atoms with Crippen LogP contribution < -0.4 is 11.1 Å². The Labute approximate surface area is 144 Å². The predicted octanol–water partition coefficient (Wildman–Crippen LogP) is 1.85. The van der Waals surface area contributed by atoms with Crippen molar-refractivity contribution in [2.24, 2.45) is 5.73 Å². The summed E-state index contributed by atoms with van der Waals surface area (Å²) < 4.78 is 4.73. The Morgan fingerprint density at radius 2 is 1.96 bits per heavy atom. The van der Waals surface area contributed by atoms with Crippen molar-refractivity contribution in [1.82, 2.24) is 5.32 Å². The molecule has 0 radical (unpaired) electrons. The topological polar surface area (TPSA) is 98.5 Å². The molecule has 0 aromatic heterocycles. The lowest BCUT2D eigenvalue weighted by molar-refractivity contribution is -0.144. The van der Waals surface area contributed by atoms with Crippen molar-refractivity contribution < 1.29 is 19.1 Å². The number of nitrogens with one attached hydrogen (secondary N) is 1. The van der Waals surface area contributed by atoms with Crippen LogP contribution in [0.3, 0.4) is 0 Å². The number of benzene rings is 1. The first-order chi connectivity index (χ1) is 10.8. The van der Waals surface area contributed by atoms with E-state index in [0.29, 0.717) is 15.6 Å². The molecule has 23 heavy (non-hydrogen) atoms. The van der Waals surface area contributed by atoms with Gasteiger partial charge in [0.25, 0.3) is 0 Å². The fourth-order valence-electron chi connectivity index (χ4n) is 1.85. The molecule has 8 heteroatoms. The molecule has 1 rings (SSSR count). The first-order valence-electron chi connectivity index (χ1n) is 7.01. The molecule has 0 bridgehead atoms. The molecule has 0 aliphatic carbocycles. The minimum atomic E-state index is -0.927. The normalized spacial score (nSPS) is 11.6. The van der Waals surface area contributed by atoms with Crippen LogP contribution in [-0.2, 0) is 25.5 Å². The number of esters is 1. The lowest BCUT2D eigenvalue weighted by Crippen LogP contribution is -2.46. The maximum Gasteiger partial charge on any atom is 0.306 e. The van der Waals surface area contributed by atoms with Gasteiger partial charge in [-0.2, -0.15) is 0 Å². The van der Waals surface area contributed by atoms with Crippen molar-refractivity contribution in [3.63, 3.8) is 0 Å². The smallest absolute Gasteiger partial charge is 0.306 e. The maximum absolute atomic E-state index is 11.8. The van der Waals surface area contributed by atoms with Crippen LogP contribution in [0.15, 0.2) is 18.2 Å². The number of hydrogen-bond acceptors (Lipinski definition) is 4. The minimum absolute atomic E-state index is 0.0626. The molecule has 0 aliphatic rings. The standard InChI is InChI=1S/C15H18Cl2N2O4/c1-2-23-14(21)6-5-13(20)19-12(15(18)22)7-9-3-4-10(16)8-11(9)17/h3-4,8,12H,2,5-7H2,1H3,(H2,18,22)(H,19,20)/t12-/m0/s1. The highest BCUT2D eigenvalue weighted by Crippen LogP contribution is 2.22. The Balaban J connectivity index is 2.63. The average molecular weight is 361 g/mol.